The Labute approximate surface area is 278 Å². The lowest BCUT2D eigenvalue weighted by Crippen LogP contribution is -2.27. The molecule has 0 saturated heterocycles. The van der Waals surface area contributed by atoms with Gasteiger partial charge in [-0.15, -0.1) is 11.3 Å². The first-order valence-electron chi connectivity index (χ1n) is 16.4. The van der Waals surface area contributed by atoms with Gasteiger partial charge in [0.1, 0.15) is 0 Å². The summed E-state index contributed by atoms with van der Waals surface area (Å²) in [7, 11) is 0. The van der Waals surface area contributed by atoms with E-state index in [1.807, 2.05) is 25.2 Å². The van der Waals surface area contributed by atoms with Gasteiger partial charge in [-0.3, -0.25) is 0 Å². The van der Waals surface area contributed by atoms with Crippen molar-refractivity contribution in [3.63, 3.8) is 0 Å². The SMILES string of the molecule is C/C=C(\C=C(C)C)N(C1=CC(C)(c2cccc3c2sc2ccccc23)CC=C1)c1ccc(-c2cccc3ccccc23)cc1.CC. The maximum Gasteiger partial charge on any atom is 0.0461 e. The predicted octanol–water partition coefficient (Wildman–Crippen LogP) is 13.4. The largest absolute Gasteiger partial charge is 0.311 e. The summed E-state index contributed by atoms with van der Waals surface area (Å²) >= 11 is 1.92. The Hall–Kier alpha value is -4.66. The summed E-state index contributed by atoms with van der Waals surface area (Å²) in [5.74, 6) is 0. The summed E-state index contributed by atoms with van der Waals surface area (Å²) < 4.78 is 2.74. The van der Waals surface area contributed by atoms with Crippen molar-refractivity contribution >= 4 is 48.0 Å². The molecule has 0 fully saturated rings. The predicted molar refractivity (Wildman–Crippen MR) is 205 cm³/mol. The monoisotopic (exact) mass is 617 g/mol. The molecule has 0 aliphatic heterocycles. The number of hydrogen-bond donors (Lipinski definition) is 0. The van der Waals surface area contributed by atoms with Gasteiger partial charge in [0, 0.05) is 42.7 Å². The fourth-order valence-corrected chi connectivity index (χ4v) is 8.02. The third-order valence-electron chi connectivity index (χ3n) is 8.79. The maximum absolute atomic E-state index is 2.49. The lowest BCUT2D eigenvalue weighted by atomic mass is 9.76. The molecular formula is C44H43NS. The summed E-state index contributed by atoms with van der Waals surface area (Å²) in [6, 6.07) is 39.9. The van der Waals surface area contributed by atoms with Gasteiger partial charge in [0.25, 0.3) is 0 Å². The van der Waals surface area contributed by atoms with E-state index in [0.717, 1.165) is 12.1 Å². The van der Waals surface area contributed by atoms with Crippen molar-refractivity contribution < 1.29 is 0 Å². The maximum atomic E-state index is 2.49. The Balaban J connectivity index is 0.00000182. The van der Waals surface area contributed by atoms with Crippen molar-refractivity contribution in [1.29, 1.82) is 0 Å². The average Bonchev–Trinajstić information content (AvgIpc) is 3.48. The lowest BCUT2D eigenvalue weighted by molar-refractivity contribution is 0.599. The van der Waals surface area contributed by atoms with Gasteiger partial charge in [0.05, 0.1) is 0 Å². The van der Waals surface area contributed by atoms with Crippen LogP contribution in [0, 0.1) is 0 Å². The molecule has 1 unspecified atom stereocenters. The van der Waals surface area contributed by atoms with Crippen LogP contribution in [-0.2, 0) is 5.41 Å². The second-order valence-corrected chi connectivity index (χ2v) is 13.3. The molecule has 0 amide bonds. The average molecular weight is 618 g/mol. The van der Waals surface area contributed by atoms with Gasteiger partial charge in [-0.1, -0.05) is 129 Å². The van der Waals surface area contributed by atoms with Crippen LogP contribution in [-0.4, -0.2) is 0 Å². The van der Waals surface area contributed by atoms with Gasteiger partial charge >= 0.3 is 0 Å². The molecule has 0 N–H and O–H groups in total. The molecule has 1 nitrogen and oxygen atoms in total. The number of fused-ring (bicyclic) bond motifs is 4. The van der Waals surface area contributed by atoms with Crippen LogP contribution in [0.4, 0.5) is 5.69 Å². The Morgan fingerprint density at radius 3 is 2.20 bits per heavy atom. The molecule has 1 aliphatic rings. The first-order valence-corrected chi connectivity index (χ1v) is 17.3. The van der Waals surface area contributed by atoms with Crippen LogP contribution in [0.5, 0.6) is 0 Å². The third kappa shape index (κ3) is 5.86. The molecule has 1 aromatic heterocycles. The molecule has 1 aliphatic carbocycles. The summed E-state index contributed by atoms with van der Waals surface area (Å²) in [4.78, 5) is 2.42. The van der Waals surface area contributed by atoms with Gasteiger partial charge in [0.2, 0.25) is 0 Å². The second-order valence-electron chi connectivity index (χ2n) is 12.2. The Morgan fingerprint density at radius 2 is 1.43 bits per heavy atom. The standard InChI is InChI=1S/C42H37NS.C2H6/c1-5-32(27-29(2)3)43(33-24-22-31(23-25-33)36-18-10-14-30-13-6-7-16-35(30)36)34-15-12-26-42(4,28-34)39-20-11-19-38-37-17-8-9-21-40(37)44-41(38)39;1-2/h5-25,27-28H,26H2,1-4H3;1-2H3/b32-5+;. The van der Waals surface area contributed by atoms with Crippen LogP contribution < -0.4 is 4.90 Å². The Kier molecular flexibility index (Phi) is 9.10. The van der Waals surface area contributed by atoms with Crippen LogP contribution in [0.25, 0.3) is 42.1 Å². The molecule has 0 saturated carbocycles. The minimum Gasteiger partial charge on any atom is -0.311 e. The summed E-state index contributed by atoms with van der Waals surface area (Å²) in [6.45, 7) is 12.9. The highest BCUT2D eigenvalue weighted by Gasteiger charge is 2.30. The number of nitrogens with zero attached hydrogens (tertiary/aromatic N) is 1. The number of anilines is 1. The lowest BCUT2D eigenvalue weighted by Gasteiger charge is -2.35. The molecule has 5 aromatic carbocycles. The fourth-order valence-electron chi connectivity index (χ4n) is 6.67. The van der Waals surface area contributed by atoms with E-state index in [1.54, 1.807) is 0 Å². The highest BCUT2D eigenvalue weighted by Crippen LogP contribution is 2.45. The normalized spacial score (nSPS) is 16.2. The van der Waals surface area contributed by atoms with E-state index in [0.29, 0.717) is 0 Å². The minimum absolute atomic E-state index is 0.143. The smallest absolute Gasteiger partial charge is 0.0461 e. The highest BCUT2D eigenvalue weighted by atomic mass is 32.1. The van der Waals surface area contributed by atoms with Crippen LogP contribution in [0.3, 0.4) is 0 Å². The van der Waals surface area contributed by atoms with E-state index in [-0.39, 0.29) is 5.41 Å². The number of rotatable bonds is 6. The van der Waals surface area contributed by atoms with E-state index in [1.165, 1.54) is 64.6 Å². The first kappa shape index (κ1) is 31.3. The molecule has 2 heteroatoms. The van der Waals surface area contributed by atoms with Gasteiger partial charge in [-0.2, -0.15) is 0 Å². The molecule has 0 bridgehead atoms. The molecule has 0 spiro atoms. The van der Waals surface area contributed by atoms with Crippen molar-refractivity contribution in [2.75, 3.05) is 4.90 Å². The topological polar surface area (TPSA) is 3.24 Å². The molecule has 230 valence electrons. The van der Waals surface area contributed by atoms with Gasteiger partial charge in [0.15, 0.2) is 0 Å². The van der Waals surface area contributed by atoms with Crippen LogP contribution in [0.2, 0.25) is 0 Å². The van der Waals surface area contributed by atoms with E-state index in [4.69, 9.17) is 0 Å². The van der Waals surface area contributed by atoms with Crippen molar-refractivity contribution in [3.8, 4) is 11.1 Å². The van der Waals surface area contributed by atoms with Gasteiger partial charge in [-0.25, -0.2) is 0 Å². The number of benzene rings is 5. The quantitative estimate of drug-likeness (QED) is 0.168. The van der Waals surface area contributed by atoms with E-state index in [9.17, 15) is 0 Å². The van der Waals surface area contributed by atoms with E-state index >= 15 is 0 Å². The zero-order chi connectivity index (χ0) is 32.3. The highest BCUT2D eigenvalue weighted by molar-refractivity contribution is 7.26. The van der Waals surface area contributed by atoms with Crippen molar-refractivity contribution in [2.24, 2.45) is 0 Å². The van der Waals surface area contributed by atoms with Crippen molar-refractivity contribution in [3.05, 3.63) is 162 Å². The van der Waals surface area contributed by atoms with Crippen LogP contribution in [0.15, 0.2) is 157 Å². The van der Waals surface area contributed by atoms with Crippen LogP contribution in [0.1, 0.15) is 53.5 Å². The molecule has 0 radical (unpaired) electrons. The third-order valence-corrected chi connectivity index (χ3v) is 10.0. The number of allylic oxidation sites excluding steroid dienone is 6. The Morgan fingerprint density at radius 1 is 0.761 bits per heavy atom. The minimum atomic E-state index is -0.143. The van der Waals surface area contributed by atoms with E-state index < -0.39 is 0 Å². The molecule has 1 heterocycles. The summed E-state index contributed by atoms with van der Waals surface area (Å²) in [5.41, 5.74) is 8.53. The summed E-state index contributed by atoms with van der Waals surface area (Å²) in [5, 5.41) is 5.25. The molecule has 46 heavy (non-hydrogen) atoms. The first-order chi connectivity index (χ1) is 22.4. The zero-order valence-corrected chi connectivity index (χ0v) is 28.7. The fraction of sp³-hybridized carbons (Fsp3) is 0.182. The molecule has 7 rings (SSSR count). The van der Waals surface area contributed by atoms with Crippen molar-refractivity contribution in [2.45, 2.75) is 53.4 Å². The molecular weight excluding hydrogens is 575 g/mol. The van der Waals surface area contributed by atoms with Gasteiger partial charge in [-0.05, 0) is 91.1 Å². The Bertz CT molecular complexity index is 2130. The van der Waals surface area contributed by atoms with Crippen molar-refractivity contribution in [1.82, 2.24) is 0 Å². The second kappa shape index (κ2) is 13.4. The van der Waals surface area contributed by atoms with E-state index in [2.05, 4.69) is 172 Å². The van der Waals surface area contributed by atoms with Gasteiger partial charge < -0.3 is 4.90 Å². The zero-order valence-electron chi connectivity index (χ0n) is 27.8. The molecule has 1 atom stereocenters. The summed E-state index contributed by atoms with van der Waals surface area (Å²) in [6.07, 6.45) is 12.6. The van der Waals surface area contributed by atoms with Crippen LogP contribution >= 0.6 is 11.3 Å². The number of hydrogen-bond acceptors (Lipinski definition) is 2. The molecule has 6 aromatic rings. The number of thiophene rings is 1.